The van der Waals surface area contributed by atoms with Crippen LogP contribution >= 0.6 is 23.1 Å². The quantitative estimate of drug-likeness (QED) is 0.454. The molecule has 1 saturated heterocycles. The minimum absolute atomic E-state index is 0.0831. The Kier molecular flexibility index (Phi) is 5.26. The van der Waals surface area contributed by atoms with Gasteiger partial charge in [0.25, 0.3) is 5.56 Å². The number of hydrogen-bond acceptors (Lipinski definition) is 6. The van der Waals surface area contributed by atoms with E-state index in [9.17, 15) is 4.79 Å². The fraction of sp³-hybridized carbons (Fsp3) is 0.556. The normalized spacial score (nSPS) is 20.6. The van der Waals surface area contributed by atoms with Crippen LogP contribution in [0.5, 0.6) is 0 Å². The topological polar surface area (TPSA) is 53.4 Å². The molecule has 5 nitrogen and oxygen atoms in total. The first kappa shape index (κ1) is 17.3. The number of thioether (sulfide) groups is 1. The van der Waals surface area contributed by atoms with Gasteiger partial charge in [0, 0.05) is 17.2 Å². The second kappa shape index (κ2) is 7.61. The summed E-state index contributed by atoms with van der Waals surface area (Å²) >= 11 is 3.30. The van der Waals surface area contributed by atoms with Crippen LogP contribution in [0.4, 0.5) is 0 Å². The van der Waals surface area contributed by atoms with Crippen molar-refractivity contribution in [3.63, 3.8) is 0 Å². The van der Waals surface area contributed by atoms with Crippen LogP contribution in [-0.2, 0) is 28.9 Å². The van der Waals surface area contributed by atoms with Gasteiger partial charge in [0.15, 0.2) is 5.16 Å². The fourth-order valence-electron chi connectivity index (χ4n) is 3.42. The molecule has 0 amide bonds. The molecule has 0 saturated carbocycles. The lowest BCUT2D eigenvalue weighted by Crippen LogP contribution is -2.27. The van der Waals surface area contributed by atoms with Crippen LogP contribution in [0.2, 0.25) is 0 Å². The van der Waals surface area contributed by atoms with Crippen LogP contribution in [0.3, 0.4) is 0 Å². The highest BCUT2D eigenvalue weighted by Crippen LogP contribution is 2.34. The van der Waals surface area contributed by atoms with E-state index in [0.29, 0.717) is 13.3 Å². The smallest absolute Gasteiger partial charge is 0.263 e. The first-order valence-electron chi connectivity index (χ1n) is 8.76. The van der Waals surface area contributed by atoms with Crippen LogP contribution in [0.25, 0.3) is 10.2 Å². The monoisotopic (exact) mass is 378 g/mol. The predicted octanol–water partition coefficient (Wildman–Crippen LogP) is 3.38. The zero-order valence-corrected chi connectivity index (χ0v) is 15.8. The van der Waals surface area contributed by atoms with E-state index in [2.05, 4.69) is 6.58 Å². The van der Waals surface area contributed by atoms with Gasteiger partial charge in [-0.3, -0.25) is 9.36 Å². The number of rotatable bonds is 5. The Morgan fingerprint density at radius 2 is 2.28 bits per heavy atom. The highest BCUT2D eigenvalue weighted by atomic mass is 32.2. The van der Waals surface area contributed by atoms with E-state index in [1.807, 2.05) is 0 Å². The van der Waals surface area contributed by atoms with Crippen LogP contribution in [-0.4, -0.2) is 34.8 Å². The maximum Gasteiger partial charge on any atom is 0.263 e. The molecule has 2 aromatic rings. The highest BCUT2D eigenvalue weighted by Gasteiger charge is 2.23. The average molecular weight is 379 g/mol. The molecule has 1 fully saturated rings. The van der Waals surface area contributed by atoms with Crippen LogP contribution < -0.4 is 5.56 Å². The summed E-state index contributed by atoms with van der Waals surface area (Å²) in [6.07, 6.45) is 7.26. The summed E-state index contributed by atoms with van der Waals surface area (Å²) in [5, 5.41) is 1.61. The van der Waals surface area contributed by atoms with Crippen molar-refractivity contribution in [3.05, 3.63) is 33.4 Å². The minimum atomic E-state index is 0.0831. The lowest BCUT2D eigenvalue weighted by molar-refractivity contribution is -0.130. The number of hydrogen-bond donors (Lipinski definition) is 0. The molecule has 2 aromatic heterocycles. The van der Waals surface area contributed by atoms with E-state index in [1.54, 1.807) is 33.7 Å². The molecule has 0 radical (unpaired) electrons. The second-order valence-electron chi connectivity index (χ2n) is 6.40. The van der Waals surface area contributed by atoms with Gasteiger partial charge >= 0.3 is 0 Å². The van der Waals surface area contributed by atoms with Crippen molar-refractivity contribution >= 4 is 33.3 Å². The maximum absolute atomic E-state index is 13.1. The molecule has 0 N–H and O–H groups in total. The number of allylic oxidation sites excluding steroid dienone is 1. The molecule has 1 aliphatic heterocycles. The molecular weight excluding hydrogens is 356 g/mol. The lowest BCUT2D eigenvalue weighted by Gasteiger charge is -2.22. The Balaban J connectivity index is 1.70. The van der Waals surface area contributed by atoms with E-state index in [4.69, 9.17) is 14.5 Å². The molecule has 7 heteroatoms. The molecule has 1 atom stereocenters. The van der Waals surface area contributed by atoms with Gasteiger partial charge in [-0.15, -0.1) is 17.9 Å². The molecule has 0 spiro atoms. The molecule has 0 unspecified atom stereocenters. The van der Waals surface area contributed by atoms with Gasteiger partial charge in [-0.25, -0.2) is 4.98 Å². The van der Waals surface area contributed by atoms with Gasteiger partial charge < -0.3 is 9.47 Å². The summed E-state index contributed by atoms with van der Waals surface area (Å²) in [7, 11) is 0. The zero-order valence-electron chi connectivity index (χ0n) is 14.2. The van der Waals surface area contributed by atoms with Crippen molar-refractivity contribution in [2.45, 2.75) is 49.9 Å². The standard InChI is InChI=1S/C18H22N2O3S2/c1-2-8-20-17(21)15-13-5-3-4-6-14(13)25-16(15)19-18(20)24-10-12-7-9-22-11-23-12/h2,12H,1,3-11H2/t12-/m0/s1. The molecule has 1 aliphatic carbocycles. The lowest BCUT2D eigenvalue weighted by atomic mass is 9.97. The summed E-state index contributed by atoms with van der Waals surface area (Å²) in [6, 6.07) is 0. The zero-order chi connectivity index (χ0) is 17.2. The van der Waals surface area contributed by atoms with Gasteiger partial charge in [-0.2, -0.15) is 0 Å². The number of nitrogens with zero attached hydrogens (tertiary/aromatic N) is 2. The summed E-state index contributed by atoms with van der Waals surface area (Å²) in [4.78, 5) is 20.2. The summed E-state index contributed by atoms with van der Waals surface area (Å²) in [6.45, 7) is 5.38. The Hall–Kier alpha value is -1.15. The maximum atomic E-state index is 13.1. The van der Waals surface area contributed by atoms with E-state index < -0.39 is 0 Å². The number of fused-ring (bicyclic) bond motifs is 3. The average Bonchev–Trinajstić information content (AvgIpc) is 3.02. The van der Waals surface area contributed by atoms with E-state index in [0.717, 1.165) is 53.4 Å². The predicted molar refractivity (Wildman–Crippen MR) is 102 cm³/mol. The first-order valence-corrected chi connectivity index (χ1v) is 10.6. The van der Waals surface area contributed by atoms with Gasteiger partial charge in [0.1, 0.15) is 11.6 Å². The van der Waals surface area contributed by atoms with Crippen LogP contribution in [0.15, 0.2) is 22.6 Å². The van der Waals surface area contributed by atoms with Crippen molar-refractivity contribution in [3.8, 4) is 0 Å². The third kappa shape index (κ3) is 3.43. The second-order valence-corrected chi connectivity index (χ2v) is 8.48. The molecule has 134 valence electrons. The number of aromatic nitrogens is 2. The summed E-state index contributed by atoms with van der Waals surface area (Å²) < 4.78 is 12.6. The third-order valence-electron chi connectivity index (χ3n) is 4.72. The van der Waals surface area contributed by atoms with E-state index in [-0.39, 0.29) is 11.7 Å². The largest absolute Gasteiger partial charge is 0.355 e. The highest BCUT2D eigenvalue weighted by molar-refractivity contribution is 7.99. The van der Waals surface area contributed by atoms with Crippen LogP contribution in [0.1, 0.15) is 29.7 Å². The Bertz CT molecular complexity index is 837. The Labute approximate surface area is 155 Å². The molecule has 25 heavy (non-hydrogen) atoms. The number of aryl methyl sites for hydroxylation is 2. The SMILES string of the molecule is C=CCn1c(SC[C@@H]2CCOCO2)nc2sc3c(c2c1=O)CCCC3. The number of thiophene rings is 1. The fourth-order valence-corrected chi connectivity index (χ4v) is 5.80. The first-order chi connectivity index (χ1) is 12.3. The van der Waals surface area contributed by atoms with Crippen molar-refractivity contribution in [2.75, 3.05) is 19.2 Å². The molecule has 3 heterocycles. The van der Waals surface area contributed by atoms with Gasteiger partial charge in [-0.1, -0.05) is 17.8 Å². The van der Waals surface area contributed by atoms with Gasteiger partial charge in [-0.05, 0) is 37.7 Å². The minimum Gasteiger partial charge on any atom is -0.355 e. The Morgan fingerprint density at radius 3 is 3.08 bits per heavy atom. The third-order valence-corrected chi connectivity index (χ3v) is 7.02. The molecular formula is C18H22N2O3S2. The number of ether oxygens (including phenoxy) is 2. The molecule has 0 bridgehead atoms. The summed E-state index contributed by atoms with van der Waals surface area (Å²) in [5.74, 6) is 0.781. The molecule has 0 aromatic carbocycles. The Morgan fingerprint density at radius 1 is 1.40 bits per heavy atom. The van der Waals surface area contributed by atoms with Crippen molar-refractivity contribution in [2.24, 2.45) is 0 Å². The molecule has 4 rings (SSSR count). The van der Waals surface area contributed by atoms with Gasteiger partial charge in [0.05, 0.1) is 18.1 Å². The summed E-state index contributed by atoms with van der Waals surface area (Å²) in [5.41, 5.74) is 1.32. The van der Waals surface area contributed by atoms with Gasteiger partial charge in [0.2, 0.25) is 0 Å². The van der Waals surface area contributed by atoms with Crippen molar-refractivity contribution in [1.29, 1.82) is 0 Å². The van der Waals surface area contributed by atoms with E-state index in [1.165, 1.54) is 16.9 Å². The van der Waals surface area contributed by atoms with Crippen molar-refractivity contribution < 1.29 is 9.47 Å². The van der Waals surface area contributed by atoms with E-state index >= 15 is 0 Å². The van der Waals surface area contributed by atoms with Crippen LogP contribution in [0, 0.1) is 0 Å². The van der Waals surface area contributed by atoms with Crippen molar-refractivity contribution in [1.82, 2.24) is 9.55 Å². The molecule has 2 aliphatic rings.